The summed E-state index contributed by atoms with van der Waals surface area (Å²) in [7, 11) is 0. The van der Waals surface area contributed by atoms with Gasteiger partial charge in [0.15, 0.2) is 11.5 Å². The average Bonchev–Trinajstić information content (AvgIpc) is 3.66. The molecule has 4 aromatic rings. The van der Waals surface area contributed by atoms with Crippen LogP contribution in [-0.2, 0) is 6.54 Å². The third-order valence-corrected chi connectivity index (χ3v) is 6.69. The van der Waals surface area contributed by atoms with Crippen molar-refractivity contribution in [2.75, 3.05) is 25.1 Å². The molecule has 0 amide bonds. The Labute approximate surface area is 220 Å². The number of aliphatic hydroxyl groups excluding tert-OH is 1. The Kier molecular flexibility index (Phi) is 7.54. The summed E-state index contributed by atoms with van der Waals surface area (Å²) < 4.78 is 8.12. The number of fused-ring (bicyclic) bond motifs is 1. The lowest BCUT2D eigenvalue weighted by Crippen LogP contribution is -2.10. The number of aliphatic hydroxyl groups is 1. The number of hydrogen-bond acceptors (Lipinski definition) is 7. The van der Waals surface area contributed by atoms with Crippen LogP contribution in [0.15, 0.2) is 42.5 Å². The molecule has 2 heterocycles. The number of halogens is 1. The molecule has 0 aliphatic heterocycles. The maximum absolute atomic E-state index is 9.61. The van der Waals surface area contributed by atoms with Crippen LogP contribution in [0.5, 0.6) is 5.75 Å². The topological polar surface area (TPSA) is 109 Å². The molecule has 0 radical (unpaired) electrons. The summed E-state index contributed by atoms with van der Waals surface area (Å²) in [5.41, 5.74) is 4.09. The minimum absolute atomic E-state index is 0.0543. The van der Waals surface area contributed by atoms with Crippen molar-refractivity contribution in [2.24, 2.45) is 5.92 Å². The number of hydrogen-bond donors (Lipinski definition) is 2. The lowest BCUT2D eigenvalue weighted by molar-refractivity contribution is 0.234. The largest absolute Gasteiger partial charge is 0.493 e. The van der Waals surface area contributed by atoms with Gasteiger partial charge in [-0.25, -0.2) is 4.98 Å². The van der Waals surface area contributed by atoms with Crippen molar-refractivity contribution in [1.82, 2.24) is 19.5 Å². The van der Waals surface area contributed by atoms with Crippen LogP contribution < -0.4 is 10.1 Å². The number of aromatic nitrogens is 4. The summed E-state index contributed by atoms with van der Waals surface area (Å²) in [5, 5.41) is 23.0. The monoisotopic (exact) mass is 516 g/mol. The fraction of sp³-hybridized carbons (Fsp3) is 0.357. The molecule has 2 aromatic carbocycles. The Hall–Kier alpha value is -3.67. The van der Waals surface area contributed by atoms with Gasteiger partial charge in [0.2, 0.25) is 5.82 Å². The molecule has 1 saturated carbocycles. The van der Waals surface area contributed by atoms with E-state index in [1.54, 1.807) is 0 Å². The zero-order chi connectivity index (χ0) is 25.8. The molecule has 2 aromatic heterocycles. The molecule has 5 rings (SSSR count). The number of aryl methyl sites for hydroxylation is 1. The average molecular weight is 517 g/mol. The molecule has 0 spiro atoms. The van der Waals surface area contributed by atoms with Crippen molar-refractivity contribution in [1.29, 1.82) is 5.26 Å². The Bertz CT molecular complexity index is 1440. The molecule has 9 heteroatoms. The molecule has 0 saturated heterocycles. The summed E-state index contributed by atoms with van der Waals surface area (Å²) in [4.78, 5) is 13.9. The second kappa shape index (κ2) is 11.2. The van der Waals surface area contributed by atoms with E-state index >= 15 is 0 Å². The van der Waals surface area contributed by atoms with E-state index < -0.39 is 0 Å². The van der Waals surface area contributed by atoms with Gasteiger partial charge in [-0.05, 0) is 49.1 Å². The predicted octanol–water partition coefficient (Wildman–Crippen LogP) is 5.35. The minimum atomic E-state index is 0.0543. The number of nitrogens with zero attached hydrogens (tertiary/aromatic N) is 5. The van der Waals surface area contributed by atoms with Crippen LogP contribution in [0.2, 0.25) is 5.02 Å². The maximum atomic E-state index is 9.61. The first-order valence-corrected chi connectivity index (χ1v) is 12.9. The fourth-order valence-corrected chi connectivity index (χ4v) is 4.46. The molecule has 2 N–H and O–H groups in total. The second-order valence-corrected chi connectivity index (χ2v) is 9.85. The molecule has 8 nitrogen and oxygen atoms in total. The van der Waals surface area contributed by atoms with Crippen LogP contribution >= 0.6 is 11.6 Å². The molecule has 0 unspecified atom stereocenters. The van der Waals surface area contributed by atoms with E-state index in [1.807, 2.05) is 49.4 Å². The predicted molar refractivity (Wildman–Crippen MR) is 144 cm³/mol. The first-order chi connectivity index (χ1) is 18.1. The molecule has 1 fully saturated rings. The molecular formula is C28H29ClN6O2. The van der Waals surface area contributed by atoms with Gasteiger partial charge in [0.05, 0.1) is 12.2 Å². The maximum Gasteiger partial charge on any atom is 0.236 e. The highest BCUT2D eigenvalue weighted by Gasteiger charge is 2.24. The number of ether oxygens (including phenoxy) is 1. The van der Waals surface area contributed by atoms with Crippen molar-refractivity contribution in [3.8, 4) is 23.2 Å². The van der Waals surface area contributed by atoms with Gasteiger partial charge in [-0.15, -0.1) is 0 Å². The van der Waals surface area contributed by atoms with E-state index in [-0.39, 0.29) is 12.4 Å². The van der Waals surface area contributed by atoms with E-state index in [0.717, 1.165) is 41.1 Å². The molecule has 0 bridgehead atoms. The molecule has 1 aliphatic carbocycles. The molecule has 190 valence electrons. The van der Waals surface area contributed by atoms with Crippen molar-refractivity contribution in [2.45, 2.75) is 39.2 Å². The van der Waals surface area contributed by atoms with Crippen molar-refractivity contribution in [3.63, 3.8) is 0 Å². The summed E-state index contributed by atoms with van der Waals surface area (Å²) in [5.74, 6) is 2.78. The van der Waals surface area contributed by atoms with E-state index in [2.05, 4.69) is 25.9 Å². The van der Waals surface area contributed by atoms with Gasteiger partial charge in [-0.3, -0.25) is 0 Å². The van der Waals surface area contributed by atoms with E-state index in [4.69, 9.17) is 21.3 Å². The highest BCUT2D eigenvalue weighted by molar-refractivity contribution is 6.30. The standard InChI is InChI=1S/C28H29ClN6O2/c1-18-3-10-23(37-14-2-13-36)22(15-18)28-34-27-25(35(28)17-20-6-8-21(29)9-7-20)26(32-24(16-30)33-27)31-12-11-19-4-5-19/h3,6-10,15,19,36H,2,4-5,11-14,17H2,1H3,(H,31,32,33). The van der Waals surface area contributed by atoms with E-state index in [9.17, 15) is 10.4 Å². The Morgan fingerprint density at radius 1 is 1.16 bits per heavy atom. The van der Waals surface area contributed by atoms with Gasteiger partial charge in [0.25, 0.3) is 0 Å². The smallest absolute Gasteiger partial charge is 0.236 e. The van der Waals surface area contributed by atoms with Crippen LogP contribution in [0.1, 0.15) is 42.6 Å². The fourth-order valence-electron chi connectivity index (χ4n) is 4.33. The molecule has 0 atom stereocenters. The third-order valence-electron chi connectivity index (χ3n) is 6.43. The lowest BCUT2D eigenvalue weighted by Gasteiger charge is -2.15. The molecular weight excluding hydrogens is 488 g/mol. The lowest BCUT2D eigenvalue weighted by atomic mass is 10.1. The molecule has 1 aliphatic rings. The van der Waals surface area contributed by atoms with Gasteiger partial charge < -0.3 is 19.7 Å². The number of nitrogens with one attached hydrogen (secondary N) is 1. The van der Waals surface area contributed by atoms with Gasteiger partial charge in [-0.1, -0.05) is 48.2 Å². The van der Waals surface area contributed by atoms with Gasteiger partial charge >= 0.3 is 0 Å². The number of rotatable bonds is 11. The van der Waals surface area contributed by atoms with E-state index in [1.165, 1.54) is 12.8 Å². The summed E-state index contributed by atoms with van der Waals surface area (Å²) in [6, 6.07) is 15.7. The first kappa shape index (κ1) is 25.0. The Morgan fingerprint density at radius 3 is 2.70 bits per heavy atom. The van der Waals surface area contributed by atoms with Gasteiger partial charge in [-0.2, -0.15) is 15.2 Å². The van der Waals surface area contributed by atoms with Gasteiger partial charge in [0.1, 0.15) is 23.2 Å². The number of imidazole rings is 1. The Morgan fingerprint density at radius 2 is 1.97 bits per heavy atom. The summed E-state index contributed by atoms with van der Waals surface area (Å²) in [6.07, 6.45) is 4.14. The number of nitriles is 1. The first-order valence-electron chi connectivity index (χ1n) is 12.6. The van der Waals surface area contributed by atoms with Crippen LogP contribution in [0.3, 0.4) is 0 Å². The van der Waals surface area contributed by atoms with Crippen LogP contribution in [0.25, 0.3) is 22.6 Å². The van der Waals surface area contributed by atoms with Crippen LogP contribution in [0.4, 0.5) is 5.82 Å². The number of anilines is 1. The summed E-state index contributed by atoms with van der Waals surface area (Å²) in [6.45, 7) is 3.73. The highest BCUT2D eigenvalue weighted by Crippen LogP contribution is 2.36. The van der Waals surface area contributed by atoms with Crippen molar-refractivity contribution in [3.05, 3.63) is 64.4 Å². The SMILES string of the molecule is Cc1ccc(OCCCO)c(-c2nc3nc(C#N)nc(NCCC4CC4)c3n2Cc2ccc(Cl)cc2)c1. The second-order valence-electron chi connectivity index (χ2n) is 9.41. The number of benzene rings is 2. The summed E-state index contributed by atoms with van der Waals surface area (Å²) >= 11 is 6.15. The molecule has 37 heavy (non-hydrogen) atoms. The van der Waals surface area contributed by atoms with E-state index in [0.29, 0.717) is 47.6 Å². The zero-order valence-corrected chi connectivity index (χ0v) is 21.5. The highest BCUT2D eigenvalue weighted by atomic mass is 35.5. The van der Waals surface area contributed by atoms with Crippen LogP contribution in [-0.4, -0.2) is 44.4 Å². The van der Waals surface area contributed by atoms with Crippen molar-refractivity contribution >= 4 is 28.6 Å². The van der Waals surface area contributed by atoms with Crippen LogP contribution in [0, 0.1) is 24.2 Å². The van der Waals surface area contributed by atoms with Crippen molar-refractivity contribution < 1.29 is 9.84 Å². The zero-order valence-electron chi connectivity index (χ0n) is 20.7. The minimum Gasteiger partial charge on any atom is -0.493 e. The van der Waals surface area contributed by atoms with Gasteiger partial charge in [0, 0.05) is 31.1 Å². The normalized spacial score (nSPS) is 13.0. The third kappa shape index (κ3) is 5.85. The quantitative estimate of drug-likeness (QED) is 0.259. The Balaban J connectivity index is 1.66.